The zero-order chi connectivity index (χ0) is 11.4. The number of carbonyl (C=O) groups excluding carboxylic acids is 1. The molecule has 6 aliphatic carbocycles. The van der Waals surface area contributed by atoms with E-state index in [1.165, 1.54) is 0 Å². The van der Waals surface area contributed by atoms with Crippen LogP contribution in [-0.2, 0) is 14.3 Å². The van der Waals surface area contributed by atoms with E-state index in [1.807, 2.05) is 0 Å². The molecule has 17 heavy (non-hydrogen) atoms. The lowest BCUT2D eigenvalue weighted by atomic mass is 9.40. The lowest BCUT2D eigenvalue weighted by Gasteiger charge is -2.69. The number of hydrogen-bond donors (Lipinski definition) is 0. The number of alkyl halides is 2. The predicted octanol–water partition coefficient (Wildman–Crippen LogP) is 1.33. The Balaban J connectivity index is 1.69. The lowest BCUT2D eigenvalue weighted by molar-refractivity contribution is -0.199. The second kappa shape index (κ2) is 2.11. The highest BCUT2D eigenvalue weighted by Crippen LogP contribution is 2.96. The van der Waals surface area contributed by atoms with E-state index in [4.69, 9.17) is 9.47 Å². The molecule has 1 saturated heterocycles. The first-order valence-electron chi connectivity index (χ1n) is 6.30. The van der Waals surface area contributed by atoms with Crippen molar-refractivity contribution in [2.75, 3.05) is 13.2 Å². The van der Waals surface area contributed by atoms with Gasteiger partial charge in [0.1, 0.15) is 0 Å². The van der Waals surface area contributed by atoms with Gasteiger partial charge in [0, 0.05) is 11.8 Å². The van der Waals surface area contributed by atoms with Gasteiger partial charge >= 0.3 is 0 Å². The number of rotatable bonds is 0. The van der Waals surface area contributed by atoms with Crippen LogP contribution in [0.5, 0.6) is 0 Å². The fourth-order valence-corrected chi connectivity index (χ4v) is 9.62. The SMILES string of the molecule is O=C1C2C3C4[C@@H]5[C@@H]([C@H]2C5(Br)C32OCCO2)C14Br. The first-order chi connectivity index (χ1) is 8.10. The van der Waals surface area contributed by atoms with Gasteiger partial charge in [-0.15, -0.1) is 0 Å². The van der Waals surface area contributed by atoms with Crippen LogP contribution in [0.4, 0.5) is 0 Å². The summed E-state index contributed by atoms with van der Waals surface area (Å²) in [5, 5.41) is 0. The Bertz CT molecular complexity index is 516. The van der Waals surface area contributed by atoms with Gasteiger partial charge in [-0.05, 0) is 23.7 Å². The van der Waals surface area contributed by atoms with Gasteiger partial charge in [0.05, 0.1) is 21.9 Å². The fraction of sp³-hybridized carbons (Fsp3) is 0.917. The maximum Gasteiger partial charge on any atom is 0.188 e. The maximum absolute atomic E-state index is 12.5. The van der Waals surface area contributed by atoms with Crippen molar-refractivity contribution < 1.29 is 14.3 Å². The molecule has 0 aromatic heterocycles. The molecule has 5 unspecified atom stereocenters. The van der Waals surface area contributed by atoms with Crippen molar-refractivity contribution in [1.29, 1.82) is 0 Å². The summed E-state index contributed by atoms with van der Waals surface area (Å²) in [6.07, 6.45) is 0. The average Bonchev–Trinajstić information content (AvgIpc) is 2.96. The number of ketones is 1. The van der Waals surface area contributed by atoms with Crippen LogP contribution in [0.15, 0.2) is 0 Å². The quantitative estimate of drug-likeness (QED) is 0.611. The van der Waals surface area contributed by atoms with Crippen LogP contribution in [0.3, 0.4) is 0 Å². The van der Waals surface area contributed by atoms with Crippen LogP contribution in [-0.4, -0.2) is 33.4 Å². The van der Waals surface area contributed by atoms with Gasteiger partial charge in [0.15, 0.2) is 11.6 Å². The molecular weight excluding hydrogens is 352 g/mol. The van der Waals surface area contributed by atoms with Crippen LogP contribution < -0.4 is 0 Å². The highest BCUT2D eigenvalue weighted by Gasteiger charge is 3.04. The topological polar surface area (TPSA) is 35.5 Å². The Morgan fingerprint density at radius 3 is 2.24 bits per heavy atom. The van der Waals surface area contributed by atoms with E-state index in [-0.39, 0.29) is 14.6 Å². The Morgan fingerprint density at radius 1 is 1.00 bits per heavy atom. The molecule has 7 rings (SSSR count). The molecule has 0 N–H and O–H groups in total. The molecule has 0 aromatic rings. The van der Waals surface area contributed by atoms with Gasteiger partial charge < -0.3 is 9.47 Å². The summed E-state index contributed by atoms with van der Waals surface area (Å²) in [4.78, 5) is 12.5. The first kappa shape index (κ1) is 9.45. The van der Waals surface area contributed by atoms with Gasteiger partial charge in [0.25, 0.3) is 0 Å². The molecule has 6 saturated carbocycles. The molecule has 0 aromatic carbocycles. The van der Waals surface area contributed by atoms with Crippen molar-refractivity contribution in [2.45, 2.75) is 14.4 Å². The van der Waals surface area contributed by atoms with Crippen molar-refractivity contribution in [1.82, 2.24) is 0 Å². The Hall–Kier alpha value is 0.550. The van der Waals surface area contributed by atoms with E-state index in [0.717, 1.165) is 0 Å². The van der Waals surface area contributed by atoms with Crippen molar-refractivity contribution in [3.05, 3.63) is 0 Å². The van der Waals surface area contributed by atoms with E-state index >= 15 is 0 Å². The Labute approximate surface area is 115 Å². The summed E-state index contributed by atoms with van der Waals surface area (Å²) in [6, 6.07) is 0. The zero-order valence-electron chi connectivity index (χ0n) is 8.86. The molecule has 4 bridgehead atoms. The van der Waals surface area contributed by atoms with Gasteiger partial charge in [-0.25, -0.2) is 0 Å². The van der Waals surface area contributed by atoms with E-state index in [0.29, 0.717) is 48.6 Å². The number of ether oxygens (including phenoxy) is 2. The van der Waals surface area contributed by atoms with Crippen molar-refractivity contribution in [2.24, 2.45) is 35.5 Å². The van der Waals surface area contributed by atoms with Crippen LogP contribution in [0.25, 0.3) is 0 Å². The molecule has 7 aliphatic rings. The minimum atomic E-state index is -0.476. The molecule has 1 heterocycles. The number of Topliss-reactive ketones (excluding diaryl/α,β-unsaturated/α-hetero) is 1. The van der Waals surface area contributed by atoms with Crippen LogP contribution >= 0.6 is 31.9 Å². The summed E-state index contributed by atoms with van der Waals surface area (Å²) in [5.74, 6) is 2.50. The molecule has 5 heteroatoms. The molecular formula is C12H10Br2O3. The minimum absolute atomic E-state index is 0.0510. The number of hydrogen-bond acceptors (Lipinski definition) is 3. The van der Waals surface area contributed by atoms with Crippen molar-refractivity contribution in [3.63, 3.8) is 0 Å². The third-order valence-electron chi connectivity index (χ3n) is 6.63. The number of halogens is 2. The summed E-state index contributed by atoms with van der Waals surface area (Å²) < 4.78 is 11.8. The third-order valence-corrected chi connectivity index (χ3v) is 9.69. The van der Waals surface area contributed by atoms with Crippen LogP contribution in [0, 0.1) is 35.5 Å². The zero-order valence-corrected chi connectivity index (χ0v) is 12.0. The van der Waals surface area contributed by atoms with Crippen LogP contribution in [0.2, 0.25) is 0 Å². The van der Waals surface area contributed by atoms with E-state index in [9.17, 15) is 4.79 Å². The second-order valence-corrected chi connectivity index (χ2v) is 9.04. The van der Waals surface area contributed by atoms with E-state index < -0.39 is 5.79 Å². The Kier molecular flexibility index (Phi) is 1.17. The summed E-state index contributed by atoms with van der Waals surface area (Å²) in [6.45, 7) is 1.35. The summed E-state index contributed by atoms with van der Waals surface area (Å²) in [7, 11) is 0. The molecule has 3 nitrogen and oxygen atoms in total. The van der Waals surface area contributed by atoms with Gasteiger partial charge in [-0.2, -0.15) is 0 Å². The van der Waals surface area contributed by atoms with Crippen LogP contribution in [0.1, 0.15) is 0 Å². The average molecular weight is 362 g/mol. The molecule has 0 amide bonds. The van der Waals surface area contributed by atoms with Crippen molar-refractivity contribution in [3.8, 4) is 0 Å². The monoisotopic (exact) mass is 360 g/mol. The molecule has 0 radical (unpaired) electrons. The maximum atomic E-state index is 12.5. The smallest absolute Gasteiger partial charge is 0.188 e. The standard InChI is InChI=1S/C12H10Br2O3/c13-10-6-4-3(9(10)15)5-7(10)8(6)11(4,14)12(5)16-1-2-17-12/h3-8H,1-2H2/t3?,4-,5?,6+,7?,8-,10?,11?/m0/s1. The molecule has 8 atom stereocenters. The summed E-state index contributed by atoms with van der Waals surface area (Å²) in [5.41, 5.74) is 0. The highest BCUT2D eigenvalue weighted by molar-refractivity contribution is 9.10. The second-order valence-electron chi connectivity index (χ2n) is 6.42. The van der Waals surface area contributed by atoms with Gasteiger partial charge in [0.2, 0.25) is 0 Å². The molecule has 1 spiro atoms. The van der Waals surface area contributed by atoms with Gasteiger partial charge in [-0.1, -0.05) is 31.9 Å². The minimum Gasteiger partial charge on any atom is -0.346 e. The molecule has 1 aliphatic heterocycles. The molecule has 90 valence electrons. The normalized spacial score (nSPS) is 74.6. The highest BCUT2D eigenvalue weighted by atomic mass is 79.9. The predicted molar refractivity (Wildman–Crippen MR) is 63.9 cm³/mol. The lowest BCUT2D eigenvalue weighted by Crippen LogP contribution is -2.75. The van der Waals surface area contributed by atoms with Crippen molar-refractivity contribution >= 4 is 37.6 Å². The van der Waals surface area contributed by atoms with Gasteiger partial charge in [-0.3, -0.25) is 4.79 Å². The third kappa shape index (κ3) is 0.514. The van der Waals surface area contributed by atoms with E-state index in [1.54, 1.807) is 0 Å². The fourth-order valence-electron chi connectivity index (χ4n) is 6.58. The largest absolute Gasteiger partial charge is 0.346 e. The first-order valence-corrected chi connectivity index (χ1v) is 7.89. The number of carbonyl (C=O) groups is 1. The van der Waals surface area contributed by atoms with E-state index in [2.05, 4.69) is 31.9 Å². The Morgan fingerprint density at radius 2 is 1.65 bits per heavy atom. The molecule has 7 fully saturated rings. The summed E-state index contributed by atoms with van der Waals surface area (Å²) >= 11 is 7.73.